The second kappa shape index (κ2) is 8.63. The summed E-state index contributed by atoms with van der Waals surface area (Å²) in [6.45, 7) is 0.115. The molecule has 29 heavy (non-hydrogen) atoms. The number of rotatable bonds is 6. The van der Waals surface area contributed by atoms with Crippen molar-refractivity contribution in [2.75, 3.05) is 11.9 Å². The fraction of sp³-hybridized carbons (Fsp3) is 0.0435. The van der Waals surface area contributed by atoms with Crippen molar-refractivity contribution in [2.24, 2.45) is 5.10 Å². The molecule has 5 nitrogen and oxygen atoms in total. The number of hydrogen-bond acceptors (Lipinski definition) is 4. The molecule has 144 valence electrons. The fourth-order valence-electron chi connectivity index (χ4n) is 2.88. The van der Waals surface area contributed by atoms with Crippen LogP contribution in [0.5, 0.6) is 0 Å². The summed E-state index contributed by atoms with van der Waals surface area (Å²) >= 11 is 5.90. The number of anilines is 1. The molecule has 4 rings (SSSR count). The number of halogens is 1. The molecule has 1 aromatic heterocycles. The number of furan rings is 1. The van der Waals surface area contributed by atoms with Crippen molar-refractivity contribution in [3.05, 3.63) is 89.6 Å². The maximum atomic E-state index is 12.0. The third-order valence-corrected chi connectivity index (χ3v) is 4.59. The van der Waals surface area contributed by atoms with Crippen molar-refractivity contribution >= 4 is 40.2 Å². The lowest BCUT2D eigenvalue weighted by molar-refractivity contribution is -0.119. The molecule has 6 heteroatoms. The van der Waals surface area contributed by atoms with E-state index in [1.54, 1.807) is 18.2 Å². The van der Waals surface area contributed by atoms with Gasteiger partial charge in [-0.3, -0.25) is 4.79 Å². The molecule has 0 spiro atoms. The molecule has 0 aliphatic carbocycles. The first kappa shape index (κ1) is 18.8. The van der Waals surface area contributed by atoms with Crippen LogP contribution in [0.2, 0.25) is 5.02 Å². The van der Waals surface area contributed by atoms with Crippen molar-refractivity contribution in [1.29, 1.82) is 0 Å². The van der Waals surface area contributed by atoms with E-state index in [-0.39, 0.29) is 12.5 Å². The molecule has 0 aliphatic rings. The number of nitrogens with zero attached hydrogens (tertiary/aromatic N) is 1. The van der Waals surface area contributed by atoms with E-state index in [9.17, 15) is 4.79 Å². The van der Waals surface area contributed by atoms with Gasteiger partial charge in [-0.2, -0.15) is 5.10 Å². The van der Waals surface area contributed by atoms with Crippen LogP contribution in [0, 0.1) is 0 Å². The van der Waals surface area contributed by atoms with Gasteiger partial charge in [-0.1, -0.05) is 41.9 Å². The van der Waals surface area contributed by atoms with Gasteiger partial charge in [-0.25, -0.2) is 5.43 Å². The largest absolute Gasteiger partial charge is 0.455 e. The highest BCUT2D eigenvalue weighted by Gasteiger charge is 2.04. The Balaban J connectivity index is 1.30. The molecule has 2 N–H and O–H groups in total. The molecule has 1 heterocycles. The number of fused-ring (bicyclic) bond motifs is 1. The maximum absolute atomic E-state index is 12.0. The van der Waals surface area contributed by atoms with Gasteiger partial charge in [0.15, 0.2) is 0 Å². The van der Waals surface area contributed by atoms with Gasteiger partial charge in [0.1, 0.15) is 11.5 Å². The first-order valence-electron chi connectivity index (χ1n) is 9.08. The highest BCUT2D eigenvalue weighted by atomic mass is 35.5. The van der Waals surface area contributed by atoms with Gasteiger partial charge in [0.25, 0.3) is 5.91 Å². The number of benzene rings is 3. The summed E-state index contributed by atoms with van der Waals surface area (Å²) < 4.78 is 5.70. The molecule has 0 saturated heterocycles. The Morgan fingerprint density at radius 1 is 0.966 bits per heavy atom. The minimum atomic E-state index is -0.251. The summed E-state index contributed by atoms with van der Waals surface area (Å²) in [7, 11) is 0. The Labute approximate surface area is 173 Å². The van der Waals surface area contributed by atoms with Crippen LogP contribution >= 0.6 is 11.6 Å². The smallest absolute Gasteiger partial charge is 0.259 e. The zero-order valence-corrected chi connectivity index (χ0v) is 16.2. The van der Waals surface area contributed by atoms with Crippen molar-refractivity contribution in [1.82, 2.24) is 5.43 Å². The van der Waals surface area contributed by atoms with Crippen LogP contribution in [-0.4, -0.2) is 18.7 Å². The Morgan fingerprint density at radius 3 is 2.59 bits per heavy atom. The van der Waals surface area contributed by atoms with Crippen LogP contribution in [0.1, 0.15) is 5.76 Å². The van der Waals surface area contributed by atoms with Crippen molar-refractivity contribution in [3.63, 3.8) is 0 Å². The predicted octanol–water partition coefficient (Wildman–Crippen LogP) is 5.32. The molecule has 1 amide bonds. The van der Waals surface area contributed by atoms with Crippen molar-refractivity contribution < 1.29 is 9.21 Å². The van der Waals surface area contributed by atoms with E-state index in [2.05, 4.69) is 15.8 Å². The van der Waals surface area contributed by atoms with Gasteiger partial charge >= 0.3 is 0 Å². The van der Waals surface area contributed by atoms with E-state index >= 15 is 0 Å². The Hall–Kier alpha value is -3.57. The number of carbonyl (C=O) groups excluding carboxylic acids is 1. The van der Waals surface area contributed by atoms with Crippen LogP contribution in [-0.2, 0) is 4.79 Å². The summed E-state index contributed by atoms with van der Waals surface area (Å²) in [4.78, 5) is 12.0. The van der Waals surface area contributed by atoms with Crippen LogP contribution < -0.4 is 10.7 Å². The second-order valence-corrected chi connectivity index (χ2v) is 6.85. The van der Waals surface area contributed by atoms with Crippen LogP contribution in [0.3, 0.4) is 0 Å². The molecule has 0 unspecified atom stereocenters. The molecular weight excluding hydrogens is 386 g/mol. The average Bonchev–Trinajstić information content (AvgIpc) is 3.21. The van der Waals surface area contributed by atoms with Crippen LogP contribution in [0.25, 0.3) is 22.1 Å². The summed E-state index contributed by atoms with van der Waals surface area (Å²) in [5.74, 6) is 0.990. The van der Waals surface area contributed by atoms with E-state index in [1.807, 2.05) is 60.7 Å². The number of nitrogens with one attached hydrogen (secondary N) is 2. The lowest BCUT2D eigenvalue weighted by Crippen LogP contribution is -2.25. The molecule has 0 atom stereocenters. The first-order chi connectivity index (χ1) is 14.2. The number of hydrogen-bond donors (Lipinski definition) is 2. The lowest BCUT2D eigenvalue weighted by atomic mass is 10.1. The van der Waals surface area contributed by atoms with Gasteiger partial charge < -0.3 is 9.73 Å². The summed E-state index contributed by atoms with van der Waals surface area (Å²) in [5.41, 5.74) is 4.28. The molecule has 0 saturated carbocycles. The maximum Gasteiger partial charge on any atom is 0.259 e. The molecule has 0 aliphatic heterocycles. The second-order valence-electron chi connectivity index (χ2n) is 6.42. The number of amides is 1. The molecule has 0 bridgehead atoms. The van der Waals surface area contributed by atoms with E-state index in [0.717, 1.165) is 22.0 Å². The van der Waals surface area contributed by atoms with Crippen molar-refractivity contribution in [3.8, 4) is 11.3 Å². The third kappa shape index (κ3) is 4.83. The SMILES string of the molecule is O=C(CNc1ccc2ccccc2c1)N/N=C\c1ccc(-c2ccc(Cl)cc2)o1. The van der Waals surface area contributed by atoms with Gasteiger partial charge in [-0.05, 0) is 59.3 Å². The Bertz CT molecular complexity index is 1170. The standard InChI is InChI=1S/C23H18ClN3O2/c24-19-8-5-17(6-9-19)22-12-11-21(29-22)14-26-27-23(28)15-25-20-10-7-16-3-1-2-4-18(16)13-20/h1-14,25H,15H2,(H,27,28)/b26-14-. The Kier molecular flexibility index (Phi) is 5.59. The van der Waals surface area contributed by atoms with E-state index in [4.69, 9.17) is 16.0 Å². The molecular formula is C23H18ClN3O2. The summed E-state index contributed by atoms with van der Waals surface area (Å²) in [6, 6.07) is 25.0. The zero-order valence-electron chi connectivity index (χ0n) is 15.4. The van der Waals surface area contributed by atoms with Gasteiger partial charge in [0.2, 0.25) is 0 Å². The van der Waals surface area contributed by atoms with Crippen LogP contribution in [0.4, 0.5) is 5.69 Å². The highest BCUT2D eigenvalue weighted by Crippen LogP contribution is 2.23. The minimum absolute atomic E-state index is 0.115. The quantitative estimate of drug-likeness (QED) is 0.338. The van der Waals surface area contributed by atoms with E-state index in [0.29, 0.717) is 16.5 Å². The van der Waals surface area contributed by atoms with Gasteiger partial charge in [0.05, 0.1) is 12.8 Å². The van der Waals surface area contributed by atoms with Gasteiger partial charge in [-0.15, -0.1) is 0 Å². The predicted molar refractivity (Wildman–Crippen MR) is 117 cm³/mol. The molecule has 3 aromatic carbocycles. The lowest BCUT2D eigenvalue weighted by Gasteiger charge is -2.06. The highest BCUT2D eigenvalue weighted by molar-refractivity contribution is 6.30. The van der Waals surface area contributed by atoms with Crippen LogP contribution in [0.15, 0.2) is 88.4 Å². The van der Waals surface area contributed by atoms with E-state index in [1.165, 1.54) is 6.21 Å². The molecule has 4 aromatic rings. The fourth-order valence-corrected chi connectivity index (χ4v) is 3.01. The number of hydrazone groups is 1. The number of carbonyl (C=O) groups is 1. The summed E-state index contributed by atoms with van der Waals surface area (Å²) in [5, 5.41) is 9.98. The third-order valence-electron chi connectivity index (χ3n) is 4.34. The monoisotopic (exact) mass is 403 g/mol. The molecule has 0 fully saturated rings. The average molecular weight is 404 g/mol. The molecule has 0 radical (unpaired) electrons. The first-order valence-corrected chi connectivity index (χ1v) is 9.45. The Morgan fingerprint density at radius 2 is 1.76 bits per heavy atom. The normalized spacial score (nSPS) is 11.1. The van der Waals surface area contributed by atoms with E-state index < -0.39 is 0 Å². The van der Waals surface area contributed by atoms with Crippen molar-refractivity contribution in [2.45, 2.75) is 0 Å². The topological polar surface area (TPSA) is 66.6 Å². The minimum Gasteiger partial charge on any atom is -0.455 e. The van der Waals surface area contributed by atoms with Gasteiger partial charge in [0, 0.05) is 16.3 Å². The zero-order chi connectivity index (χ0) is 20.1. The summed E-state index contributed by atoms with van der Waals surface area (Å²) in [6.07, 6.45) is 1.47.